The van der Waals surface area contributed by atoms with Gasteiger partial charge in [0, 0.05) is 7.05 Å². The molecule has 0 fully saturated rings. The molecule has 0 spiro atoms. The van der Waals surface area contributed by atoms with E-state index < -0.39 is 25.7 Å². The number of carboxylic acids is 2. The van der Waals surface area contributed by atoms with Crippen LogP contribution in [0.5, 0.6) is 11.5 Å². The summed E-state index contributed by atoms with van der Waals surface area (Å²) in [6.45, 7) is 3.40. The number of rotatable bonds is 13. The molecule has 3 N–H and O–H groups in total. The Morgan fingerprint density at radius 2 is 1.53 bits per heavy atom. The van der Waals surface area contributed by atoms with Crippen LogP contribution in [0, 0.1) is 13.8 Å². The van der Waals surface area contributed by atoms with Crippen LogP contribution in [0.4, 0.5) is 0 Å². The van der Waals surface area contributed by atoms with Gasteiger partial charge in [-0.2, -0.15) is 0 Å². The highest BCUT2D eigenvalue weighted by Gasteiger charge is 2.22. The topological polar surface area (TPSA) is 124 Å². The lowest BCUT2D eigenvalue weighted by molar-refractivity contribution is -0.140. The molecule has 0 saturated carbocycles. The Labute approximate surface area is 209 Å². The third-order valence-electron chi connectivity index (χ3n) is 5.23. The maximum absolute atomic E-state index is 10.8. The Balaban J connectivity index is 1.68. The van der Waals surface area contributed by atoms with E-state index in [1.165, 1.54) is 0 Å². The van der Waals surface area contributed by atoms with E-state index >= 15 is 0 Å². The summed E-state index contributed by atoms with van der Waals surface area (Å²) in [6.07, 6.45) is 0. The Kier molecular flexibility index (Phi) is 9.46. The summed E-state index contributed by atoms with van der Waals surface area (Å²) < 4.78 is 21.8. The molecular formula is C26H28BNO8. The molecule has 3 aromatic carbocycles. The monoisotopic (exact) mass is 493 g/mol. The molecule has 0 amide bonds. The number of ether oxygens (including phenoxy) is 2. The van der Waals surface area contributed by atoms with Gasteiger partial charge in [0.1, 0.15) is 24.7 Å². The highest BCUT2D eigenvalue weighted by atomic mass is 16.7. The lowest BCUT2D eigenvalue weighted by Gasteiger charge is -2.15. The third-order valence-corrected chi connectivity index (χ3v) is 5.23. The molecule has 0 aromatic heterocycles. The fraction of sp³-hybridized carbons (Fsp3) is 0.231. The lowest BCUT2D eigenvalue weighted by atomic mass is 9.79. The number of carboxylic acid groups (broad SMARTS) is 2. The van der Waals surface area contributed by atoms with Gasteiger partial charge in [-0.05, 0) is 77.5 Å². The van der Waals surface area contributed by atoms with Crippen LogP contribution in [-0.2, 0) is 25.6 Å². The lowest BCUT2D eigenvalue weighted by Crippen LogP contribution is -2.41. The van der Waals surface area contributed by atoms with Crippen molar-refractivity contribution in [1.82, 2.24) is 5.48 Å². The quantitative estimate of drug-likeness (QED) is 0.244. The fourth-order valence-electron chi connectivity index (χ4n) is 3.76. The zero-order valence-corrected chi connectivity index (χ0v) is 20.3. The van der Waals surface area contributed by atoms with Crippen LogP contribution < -0.4 is 20.4 Å². The van der Waals surface area contributed by atoms with E-state index in [1.807, 2.05) is 44.2 Å². The van der Waals surface area contributed by atoms with Crippen LogP contribution >= 0.6 is 0 Å². The Morgan fingerprint density at radius 3 is 2.14 bits per heavy atom. The molecule has 3 aromatic rings. The molecule has 0 radical (unpaired) electrons. The first-order valence-corrected chi connectivity index (χ1v) is 11.2. The number of aliphatic carboxylic acids is 2. The summed E-state index contributed by atoms with van der Waals surface area (Å²) in [5.74, 6) is -0.947. The first-order chi connectivity index (χ1) is 17.3. The van der Waals surface area contributed by atoms with Gasteiger partial charge >= 0.3 is 19.1 Å². The number of aryl methyl sites for hydroxylation is 2. The first-order valence-electron chi connectivity index (χ1n) is 11.2. The average molecular weight is 493 g/mol. The van der Waals surface area contributed by atoms with Crippen molar-refractivity contribution in [2.45, 2.75) is 20.5 Å². The fourth-order valence-corrected chi connectivity index (χ4v) is 3.76. The normalized spacial score (nSPS) is 10.6. The second-order valence-electron chi connectivity index (χ2n) is 8.03. The molecular weight excluding hydrogens is 465 g/mol. The number of hydrogen-bond donors (Lipinski definition) is 3. The number of hydrogen-bond acceptors (Lipinski definition) is 7. The van der Waals surface area contributed by atoms with E-state index in [-0.39, 0.29) is 6.61 Å². The number of benzene rings is 3. The van der Waals surface area contributed by atoms with Crippen molar-refractivity contribution in [1.29, 1.82) is 0 Å². The smallest absolute Gasteiger partial charge is 0.489 e. The van der Waals surface area contributed by atoms with Gasteiger partial charge < -0.3 is 29.1 Å². The standard InChI is InChI=1S/C26H28BNO8/c1-17-11-23(34-15-24(29)30)12-18(2)26(17)20-6-4-5-19(13-20)14-33-22-9-7-21(8-10-22)27(36-28-3)35-16-25(31)32/h4-13,28H,14-16H2,1-3H3,(H,29,30)(H,31,32). The van der Waals surface area contributed by atoms with Crippen LogP contribution in [0.15, 0.2) is 60.7 Å². The molecule has 0 aliphatic heterocycles. The Morgan fingerprint density at radius 1 is 0.861 bits per heavy atom. The van der Waals surface area contributed by atoms with Gasteiger partial charge in [-0.3, -0.25) is 0 Å². The number of nitrogens with one attached hydrogen (secondary N) is 1. The Hall–Kier alpha value is -3.86. The van der Waals surface area contributed by atoms with E-state index in [2.05, 4.69) is 11.5 Å². The summed E-state index contributed by atoms with van der Waals surface area (Å²) in [6, 6.07) is 18.7. The maximum atomic E-state index is 10.8. The summed E-state index contributed by atoms with van der Waals surface area (Å²) in [5, 5.41) is 17.7. The summed E-state index contributed by atoms with van der Waals surface area (Å²) in [5.41, 5.74) is 8.16. The molecule has 0 saturated heterocycles. The molecule has 0 bridgehead atoms. The van der Waals surface area contributed by atoms with Gasteiger partial charge in [-0.15, -0.1) is 0 Å². The summed E-state index contributed by atoms with van der Waals surface area (Å²) in [4.78, 5) is 21.6. The van der Waals surface area contributed by atoms with E-state index in [1.54, 1.807) is 31.3 Å². The molecule has 0 aliphatic rings. The van der Waals surface area contributed by atoms with Crippen LogP contribution in [0.25, 0.3) is 11.1 Å². The second kappa shape index (κ2) is 12.7. The minimum Gasteiger partial charge on any atom is -0.489 e. The molecule has 10 heteroatoms. The number of hydroxylamine groups is 1. The van der Waals surface area contributed by atoms with Gasteiger partial charge in [0.05, 0.1) is 0 Å². The van der Waals surface area contributed by atoms with Gasteiger partial charge in [0.15, 0.2) is 6.61 Å². The van der Waals surface area contributed by atoms with E-state index in [9.17, 15) is 9.59 Å². The first kappa shape index (κ1) is 26.7. The van der Waals surface area contributed by atoms with E-state index in [0.29, 0.717) is 23.6 Å². The van der Waals surface area contributed by atoms with Crippen molar-refractivity contribution in [2.24, 2.45) is 0 Å². The van der Waals surface area contributed by atoms with Crippen LogP contribution in [0.3, 0.4) is 0 Å². The summed E-state index contributed by atoms with van der Waals surface area (Å²) in [7, 11) is 0.692. The predicted molar refractivity (Wildman–Crippen MR) is 134 cm³/mol. The van der Waals surface area contributed by atoms with Gasteiger partial charge in [-0.1, -0.05) is 30.3 Å². The summed E-state index contributed by atoms with van der Waals surface area (Å²) >= 11 is 0. The molecule has 0 aliphatic carbocycles. The van der Waals surface area contributed by atoms with Crippen molar-refractivity contribution >= 4 is 24.5 Å². The van der Waals surface area contributed by atoms with Gasteiger partial charge in [0.2, 0.25) is 0 Å². The highest BCUT2D eigenvalue weighted by molar-refractivity contribution is 6.61. The molecule has 36 heavy (non-hydrogen) atoms. The van der Waals surface area contributed by atoms with E-state index in [4.69, 9.17) is 29.1 Å². The predicted octanol–water partition coefficient (Wildman–Crippen LogP) is 2.96. The van der Waals surface area contributed by atoms with Crippen molar-refractivity contribution in [3.63, 3.8) is 0 Å². The largest absolute Gasteiger partial charge is 0.511 e. The zero-order chi connectivity index (χ0) is 26.1. The molecule has 3 rings (SSSR count). The second-order valence-corrected chi connectivity index (χ2v) is 8.03. The minimum absolute atomic E-state index is 0.344. The average Bonchev–Trinajstić information content (AvgIpc) is 2.84. The third kappa shape index (κ3) is 7.57. The number of carbonyl (C=O) groups is 2. The van der Waals surface area contributed by atoms with Crippen molar-refractivity contribution < 1.29 is 38.7 Å². The van der Waals surface area contributed by atoms with E-state index in [0.717, 1.165) is 27.8 Å². The van der Waals surface area contributed by atoms with Crippen LogP contribution in [0.2, 0.25) is 0 Å². The van der Waals surface area contributed by atoms with Crippen molar-refractivity contribution in [3.8, 4) is 22.6 Å². The minimum atomic E-state index is -1.09. The zero-order valence-electron chi connectivity index (χ0n) is 20.3. The molecule has 188 valence electrons. The SMILES string of the molecule is CNOB(OCC(=O)O)c1ccc(OCc2cccc(-c3c(C)cc(OCC(=O)O)cc3C)c2)cc1. The van der Waals surface area contributed by atoms with Crippen molar-refractivity contribution in [2.75, 3.05) is 20.3 Å². The molecule has 0 unspecified atom stereocenters. The molecule has 9 nitrogen and oxygen atoms in total. The highest BCUT2D eigenvalue weighted by Crippen LogP contribution is 2.31. The van der Waals surface area contributed by atoms with Crippen molar-refractivity contribution in [3.05, 3.63) is 77.4 Å². The maximum Gasteiger partial charge on any atom is 0.511 e. The Bertz CT molecular complexity index is 1180. The van der Waals surface area contributed by atoms with Crippen LogP contribution in [0.1, 0.15) is 16.7 Å². The van der Waals surface area contributed by atoms with Gasteiger partial charge in [0.25, 0.3) is 0 Å². The van der Waals surface area contributed by atoms with Gasteiger partial charge in [-0.25, -0.2) is 15.1 Å². The molecule has 0 heterocycles. The molecule has 0 atom stereocenters. The van der Waals surface area contributed by atoms with Crippen LogP contribution in [-0.4, -0.2) is 49.5 Å².